The van der Waals surface area contributed by atoms with Crippen molar-refractivity contribution in [1.82, 2.24) is 5.43 Å². The monoisotopic (exact) mass is 496 g/mol. The predicted octanol–water partition coefficient (Wildman–Crippen LogP) is 5.34. The summed E-state index contributed by atoms with van der Waals surface area (Å²) in [7, 11) is 0. The van der Waals surface area contributed by atoms with Gasteiger partial charge in [-0.2, -0.15) is 5.10 Å². The maximum absolute atomic E-state index is 12.3. The SMILES string of the molecule is CCOc1ccc(Br)cc1C=NNC(=O)[C@@H](C)Oc1ccc(OCc2ccccc2)cc1. The highest BCUT2D eigenvalue weighted by atomic mass is 79.9. The first-order chi connectivity index (χ1) is 15.5. The van der Waals surface area contributed by atoms with Crippen LogP contribution in [0.25, 0.3) is 0 Å². The van der Waals surface area contributed by atoms with E-state index < -0.39 is 6.10 Å². The number of hydrazone groups is 1. The molecule has 1 amide bonds. The van der Waals surface area contributed by atoms with Crippen LogP contribution in [0.2, 0.25) is 0 Å². The third-order valence-electron chi connectivity index (χ3n) is 4.40. The third kappa shape index (κ3) is 7.13. The number of hydrogen-bond acceptors (Lipinski definition) is 5. The molecule has 7 heteroatoms. The Morgan fingerprint density at radius 3 is 2.47 bits per heavy atom. The Kier molecular flexibility index (Phi) is 8.69. The van der Waals surface area contributed by atoms with E-state index in [2.05, 4.69) is 26.5 Å². The highest BCUT2D eigenvalue weighted by molar-refractivity contribution is 9.10. The van der Waals surface area contributed by atoms with Gasteiger partial charge in [-0.3, -0.25) is 4.79 Å². The molecule has 32 heavy (non-hydrogen) atoms. The number of carbonyl (C=O) groups is 1. The van der Waals surface area contributed by atoms with Crippen LogP contribution in [0.1, 0.15) is 25.0 Å². The molecule has 1 atom stereocenters. The summed E-state index contributed by atoms with van der Waals surface area (Å²) in [5, 5.41) is 4.03. The second kappa shape index (κ2) is 11.9. The van der Waals surface area contributed by atoms with Gasteiger partial charge in [-0.05, 0) is 61.9 Å². The van der Waals surface area contributed by atoms with Crippen LogP contribution in [0.5, 0.6) is 17.2 Å². The van der Waals surface area contributed by atoms with Crippen LogP contribution in [0.4, 0.5) is 0 Å². The Labute approximate surface area is 196 Å². The molecule has 3 rings (SSSR count). The molecular weight excluding hydrogens is 472 g/mol. The Morgan fingerprint density at radius 1 is 1.03 bits per heavy atom. The molecule has 1 N–H and O–H groups in total. The average molecular weight is 497 g/mol. The number of carbonyl (C=O) groups excluding carboxylic acids is 1. The first-order valence-electron chi connectivity index (χ1n) is 10.2. The molecular formula is C25H25BrN2O4. The molecule has 0 saturated heterocycles. The Balaban J connectivity index is 1.50. The zero-order chi connectivity index (χ0) is 22.8. The molecule has 0 aliphatic heterocycles. The molecule has 0 aliphatic carbocycles. The molecule has 0 unspecified atom stereocenters. The summed E-state index contributed by atoms with van der Waals surface area (Å²) in [5.74, 6) is 1.61. The second-order valence-corrected chi connectivity index (χ2v) is 7.77. The molecule has 0 bridgehead atoms. The van der Waals surface area contributed by atoms with E-state index >= 15 is 0 Å². The number of ether oxygens (including phenoxy) is 3. The van der Waals surface area contributed by atoms with Crippen molar-refractivity contribution in [3.8, 4) is 17.2 Å². The Hall–Kier alpha value is -3.32. The summed E-state index contributed by atoms with van der Waals surface area (Å²) in [4.78, 5) is 12.3. The molecule has 0 aromatic heterocycles. The smallest absolute Gasteiger partial charge is 0.280 e. The van der Waals surface area contributed by atoms with Gasteiger partial charge >= 0.3 is 0 Å². The lowest BCUT2D eigenvalue weighted by atomic mass is 10.2. The van der Waals surface area contributed by atoms with Crippen LogP contribution in [0.3, 0.4) is 0 Å². The van der Waals surface area contributed by atoms with Gasteiger partial charge in [0.05, 0.1) is 12.8 Å². The van der Waals surface area contributed by atoms with Crippen molar-refractivity contribution in [1.29, 1.82) is 0 Å². The number of hydrogen-bond donors (Lipinski definition) is 1. The van der Waals surface area contributed by atoms with Gasteiger partial charge in [-0.25, -0.2) is 5.43 Å². The van der Waals surface area contributed by atoms with Crippen molar-refractivity contribution in [3.05, 3.63) is 88.4 Å². The molecule has 6 nitrogen and oxygen atoms in total. The van der Waals surface area contributed by atoms with Gasteiger partial charge < -0.3 is 14.2 Å². The fourth-order valence-corrected chi connectivity index (χ4v) is 3.16. The number of rotatable bonds is 10. The summed E-state index contributed by atoms with van der Waals surface area (Å²) in [5.41, 5.74) is 4.34. The van der Waals surface area contributed by atoms with E-state index in [0.29, 0.717) is 24.7 Å². The molecule has 0 fully saturated rings. The molecule has 3 aromatic rings. The van der Waals surface area contributed by atoms with E-state index in [-0.39, 0.29) is 5.91 Å². The Morgan fingerprint density at radius 2 is 1.75 bits per heavy atom. The maximum atomic E-state index is 12.3. The average Bonchev–Trinajstić information content (AvgIpc) is 2.81. The third-order valence-corrected chi connectivity index (χ3v) is 4.90. The zero-order valence-electron chi connectivity index (χ0n) is 18.0. The van der Waals surface area contributed by atoms with Crippen molar-refractivity contribution in [2.75, 3.05) is 6.61 Å². The van der Waals surface area contributed by atoms with E-state index in [0.717, 1.165) is 21.3 Å². The van der Waals surface area contributed by atoms with Gasteiger partial charge in [0.2, 0.25) is 0 Å². The number of nitrogens with one attached hydrogen (secondary N) is 1. The van der Waals surface area contributed by atoms with Crippen molar-refractivity contribution in [2.45, 2.75) is 26.6 Å². The topological polar surface area (TPSA) is 69.2 Å². The lowest BCUT2D eigenvalue weighted by Gasteiger charge is -2.13. The van der Waals surface area contributed by atoms with Gasteiger partial charge in [0.25, 0.3) is 5.91 Å². The molecule has 0 saturated carbocycles. The summed E-state index contributed by atoms with van der Waals surface area (Å²) in [6, 6.07) is 22.7. The highest BCUT2D eigenvalue weighted by Crippen LogP contribution is 2.22. The van der Waals surface area contributed by atoms with E-state index in [1.807, 2.05) is 67.6 Å². The van der Waals surface area contributed by atoms with E-state index in [1.54, 1.807) is 25.3 Å². The van der Waals surface area contributed by atoms with Gasteiger partial charge in [-0.15, -0.1) is 0 Å². The van der Waals surface area contributed by atoms with Crippen LogP contribution in [0.15, 0.2) is 82.4 Å². The van der Waals surface area contributed by atoms with Crippen LogP contribution < -0.4 is 19.6 Å². The fraction of sp³-hybridized carbons (Fsp3) is 0.200. The summed E-state index contributed by atoms with van der Waals surface area (Å²) in [6.07, 6.45) is 0.816. The first-order valence-corrected chi connectivity index (χ1v) is 11.0. The number of halogens is 1. The zero-order valence-corrected chi connectivity index (χ0v) is 19.5. The lowest BCUT2D eigenvalue weighted by Crippen LogP contribution is -2.33. The number of benzene rings is 3. The van der Waals surface area contributed by atoms with Crippen molar-refractivity contribution < 1.29 is 19.0 Å². The quantitative estimate of drug-likeness (QED) is 0.303. The molecule has 0 aliphatic rings. The lowest BCUT2D eigenvalue weighted by molar-refractivity contribution is -0.127. The van der Waals surface area contributed by atoms with Crippen molar-refractivity contribution in [3.63, 3.8) is 0 Å². The van der Waals surface area contributed by atoms with Crippen LogP contribution in [-0.4, -0.2) is 24.8 Å². The Bertz CT molecular complexity index is 1040. The molecule has 0 heterocycles. The van der Waals surface area contributed by atoms with Crippen molar-refractivity contribution in [2.24, 2.45) is 5.10 Å². The molecule has 0 spiro atoms. The van der Waals surface area contributed by atoms with E-state index in [4.69, 9.17) is 14.2 Å². The molecule has 0 radical (unpaired) electrons. The van der Waals surface area contributed by atoms with Crippen molar-refractivity contribution >= 4 is 28.1 Å². The van der Waals surface area contributed by atoms with Gasteiger partial charge in [0.15, 0.2) is 6.10 Å². The molecule has 166 valence electrons. The summed E-state index contributed by atoms with van der Waals surface area (Å²) < 4.78 is 17.9. The van der Waals surface area contributed by atoms with Crippen LogP contribution in [0, 0.1) is 0 Å². The van der Waals surface area contributed by atoms with Crippen LogP contribution in [-0.2, 0) is 11.4 Å². The minimum atomic E-state index is -0.725. The maximum Gasteiger partial charge on any atom is 0.280 e. The standard InChI is InChI=1S/C25H25BrN2O4/c1-3-30-24-14-9-21(26)15-20(24)16-27-28-25(29)18(2)32-23-12-10-22(11-13-23)31-17-19-7-5-4-6-8-19/h4-16,18H,3,17H2,1-2H3,(H,28,29)/t18-/m1/s1. The number of nitrogens with zero attached hydrogens (tertiary/aromatic N) is 1. The van der Waals surface area contributed by atoms with Gasteiger partial charge in [0, 0.05) is 10.0 Å². The van der Waals surface area contributed by atoms with E-state index in [1.165, 1.54) is 0 Å². The minimum absolute atomic E-state index is 0.362. The van der Waals surface area contributed by atoms with Gasteiger partial charge in [0.1, 0.15) is 23.9 Å². The highest BCUT2D eigenvalue weighted by Gasteiger charge is 2.14. The minimum Gasteiger partial charge on any atom is -0.493 e. The summed E-state index contributed by atoms with van der Waals surface area (Å²) in [6.45, 7) is 4.59. The van der Waals surface area contributed by atoms with Crippen LogP contribution >= 0.6 is 15.9 Å². The normalized spacial score (nSPS) is 11.7. The molecule has 3 aromatic carbocycles. The number of amides is 1. The van der Waals surface area contributed by atoms with E-state index in [9.17, 15) is 4.79 Å². The fourth-order valence-electron chi connectivity index (χ4n) is 2.78. The first kappa shape index (κ1) is 23.3. The largest absolute Gasteiger partial charge is 0.493 e. The summed E-state index contributed by atoms with van der Waals surface area (Å²) >= 11 is 3.42. The second-order valence-electron chi connectivity index (χ2n) is 6.86. The van der Waals surface area contributed by atoms with Gasteiger partial charge in [-0.1, -0.05) is 46.3 Å². The predicted molar refractivity (Wildman–Crippen MR) is 128 cm³/mol.